The second-order valence-corrected chi connectivity index (χ2v) is 4.38. The zero-order valence-corrected chi connectivity index (χ0v) is 9.59. The third-order valence-corrected chi connectivity index (χ3v) is 3.03. The summed E-state index contributed by atoms with van der Waals surface area (Å²) in [5, 5.41) is 11.3. The molecule has 2 heterocycles. The second-order valence-electron chi connectivity index (χ2n) is 4.38. The molecule has 7 nitrogen and oxygen atoms in total. The highest BCUT2D eigenvalue weighted by atomic mass is 16.6. The predicted molar refractivity (Wildman–Crippen MR) is 58.8 cm³/mol. The number of piperazine rings is 1. The Morgan fingerprint density at radius 3 is 2.53 bits per heavy atom. The van der Waals surface area contributed by atoms with E-state index in [4.69, 9.17) is 9.84 Å². The molecule has 0 saturated carbocycles. The van der Waals surface area contributed by atoms with E-state index in [-0.39, 0.29) is 18.7 Å². The Labute approximate surface area is 99.3 Å². The number of nitrogens with one attached hydrogen (secondary N) is 1. The summed E-state index contributed by atoms with van der Waals surface area (Å²) in [7, 11) is 0. The van der Waals surface area contributed by atoms with Gasteiger partial charge in [0, 0.05) is 32.7 Å². The minimum absolute atomic E-state index is 0.0754. The van der Waals surface area contributed by atoms with Gasteiger partial charge in [0.15, 0.2) is 0 Å². The molecule has 0 radical (unpaired) electrons. The first-order chi connectivity index (χ1) is 8.13. The summed E-state index contributed by atoms with van der Waals surface area (Å²) in [6.45, 7) is 4.53. The number of ether oxygens (including phenoxy) is 1. The van der Waals surface area contributed by atoms with Crippen molar-refractivity contribution in [2.45, 2.75) is 6.10 Å². The van der Waals surface area contributed by atoms with Gasteiger partial charge in [-0.25, -0.2) is 4.79 Å². The first kappa shape index (κ1) is 12.1. The monoisotopic (exact) mass is 243 g/mol. The lowest BCUT2D eigenvalue weighted by Crippen LogP contribution is -2.50. The van der Waals surface area contributed by atoms with Crippen molar-refractivity contribution in [3.8, 4) is 0 Å². The molecule has 0 aromatic heterocycles. The van der Waals surface area contributed by atoms with Crippen LogP contribution in [-0.2, 0) is 9.53 Å². The van der Waals surface area contributed by atoms with Crippen LogP contribution in [-0.4, -0.2) is 78.9 Å². The maximum Gasteiger partial charge on any atom is 0.407 e. The molecular weight excluding hydrogens is 226 g/mol. The van der Waals surface area contributed by atoms with Gasteiger partial charge in [0.25, 0.3) is 0 Å². The van der Waals surface area contributed by atoms with Crippen LogP contribution in [0, 0.1) is 0 Å². The predicted octanol–water partition coefficient (Wildman–Crippen LogP) is -1.20. The number of carboxylic acids is 1. The molecule has 96 valence electrons. The topological polar surface area (TPSA) is 82.1 Å². The number of amides is 1. The van der Waals surface area contributed by atoms with Crippen molar-refractivity contribution in [3.63, 3.8) is 0 Å². The Bertz CT molecular complexity index is 302. The summed E-state index contributed by atoms with van der Waals surface area (Å²) in [6.07, 6.45) is -0.423. The Morgan fingerprint density at radius 1 is 1.35 bits per heavy atom. The van der Waals surface area contributed by atoms with E-state index in [1.807, 2.05) is 4.90 Å². The van der Waals surface area contributed by atoms with E-state index in [2.05, 4.69) is 10.2 Å². The van der Waals surface area contributed by atoms with Crippen LogP contribution in [0.4, 0.5) is 4.79 Å². The van der Waals surface area contributed by atoms with E-state index in [9.17, 15) is 9.59 Å². The Kier molecular flexibility index (Phi) is 3.80. The molecule has 0 bridgehead atoms. The van der Waals surface area contributed by atoms with Crippen molar-refractivity contribution >= 4 is 12.1 Å². The lowest BCUT2D eigenvalue weighted by atomic mass is 10.2. The molecule has 1 atom stereocenters. The summed E-state index contributed by atoms with van der Waals surface area (Å²) in [6, 6.07) is 0. The van der Waals surface area contributed by atoms with Gasteiger partial charge in [0.1, 0.15) is 6.10 Å². The van der Waals surface area contributed by atoms with E-state index in [1.54, 1.807) is 0 Å². The van der Waals surface area contributed by atoms with E-state index in [0.717, 1.165) is 32.7 Å². The van der Waals surface area contributed by atoms with Crippen LogP contribution in [0.5, 0.6) is 0 Å². The van der Waals surface area contributed by atoms with Gasteiger partial charge in [0.2, 0.25) is 0 Å². The molecule has 2 saturated heterocycles. The van der Waals surface area contributed by atoms with Crippen molar-refractivity contribution in [3.05, 3.63) is 0 Å². The molecule has 2 rings (SSSR count). The standard InChI is InChI=1S/C10H17N3O4/c14-9(15)7-13-3-1-12(2-4-13)6-8-5-11-10(16)17-8/h8H,1-7H2,(H,11,16)(H,14,15). The molecule has 0 spiro atoms. The molecule has 0 aromatic rings. The summed E-state index contributed by atoms with van der Waals surface area (Å²) >= 11 is 0. The summed E-state index contributed by atoms with van der Waals surface area (Å²) in [4.78, 5) is 25.5. The van der Waals surface area contributed by atoms with Crippen LogP contribution >= 0.6 is 0 Å². The van der Waals surface area contributed by atoms with Gasteiger partial charge in [-0.2, -0.15) is 0 Å². The molecule has 0 aromatic carbocycles. The minimum Gasteiger partial charge on any atom is -0.480 e. The molecule has 2 fully saturated rings. The van der Waals surface area contributed by atoms with Crippen LogP contribution in [0.25, 0.3) is 0 Å². The molecular formula is C10H17N3O4. The van der Waals surface area contributed by atoms with Crippen LogP contribution in [0.1, 0.15) is 0 Å². The number of hydrogen-bond donors (Lipinski definition) is 2. The van der Waals surface area contributed by atoms with Crippen molar-refractivity contribution in [1.29, 1.82) is 0 Å². The van der Waals surface area contributed by atoms with Crippen LogP contribution in [0.15, 0.2) is 0 Å². The number of rotatable bonds is 4. The van der Waals surface area contributed by atoms with Crippen molar-refractivity contribution < 1.29 is 19.4 Å². The highest BCUT2D eigenvalue weighted by Crippen LogP contribution is 2.06. The SMILES string of the molecule is O=C(O)CN1CCN(CC2CNC(=O)O2)CC1. The quantitative estimate of drug-likeness (QED) is 0.645. The molecule has 2 aliphatic rings. The molecule has 2 N–H and O–H groups in total. The maximum absolute atomic E-state index is 10.8. The van der Waals surface area contributed by atoms with Gasteiger partial charge >= 0.3 is 12.1 Å². The van der Waals surface area contributed by atoms with E-state index >= 15 is 0 Å². The molecule has 7 heteroatoms. The van der Waals surface area contributed by atoms with Crippen LogP contribution < -0.4 is 5.32 Å². The van der Waals surface area contributed by atoms with Crippen molar-refractivity contribution in [1.82, 2.24) is 15.1 Å². The lowest BCUT2D eigenvalue weighted by molar-refractivity contribution is -0.138. The van der Waals surface area contributed by atoms with Crippen LogP contribution in [0.2, 0.25) is 0 Å². The molecule has 17 heavy (non-hydrogen) atoms. The first-order valence-electron chi connectivity index (χ1n) is 5.74. The number of carbonyl (C=O) groups is 2. The zero-order chi connectivity index (χ0) is 12.3. The van der Waals surface area contributed by atoms with Gasteiger partial charge in [-0.05, 0) is 0 Å². The average molecular weight is 243 g/mol. The Balaban J connectivity index is 1.68. The van der Waals surface area contributed by atoms with E-state index in [0.29, 0.717) is 6.54 Å². The van der Waals surface area contributed by atoms with Gasteiger partial charge in [-0.3, -0.25) is 14.6 Å². The highest BCUT2D eigenvalue weighted by molar-refractivity contribution is 5.69. The fourth-order valence-electron chi connectivity index (χ4n) is 2.14. The average Bonchev–Trinajstić information content (AvgIpc) is 2.66. The smallest absolute Gasteiger partial charge is 0.407 e. The second kappa shape index (κ2) is 5.33. The first-order valence-corrected chi connectivity index (χ1v) is 5.74. The van der Waals surface area contributed by atoms with E-state index < -0.39 is 5.97 Å². The highest BCUT2D eigenvalue weighted by Gasteiger charge is 2.26. The summed E-state index contributed by atoms with van der Waals surface area (Å²) in [5.41, 5.74) is 0. The normalized spacial score (nSPS) is 26.6. The number of nitrogens with zero attached hydrogens (tertiary/aromatic N) is 2. The fourth-order valence-corrected chi connectivity index (χ4v) is 2.14. The molecule has 0 aliphatic carbocycles. The molecule has 2 aliphatic heterocycles. The largest absolute Gasteiger partial charge is 0.480 e. The Hall–Kier alpha value is -1.34. The van der Waals surface area contributed by atoms with Gasteiger partial charge in [0.05, 0.1) is 13.1 Å². The van der Waals surface area contributed by atoms with Crippen molar-refractivity contribution in [2.24, 2.45) is 0 Å². The Morgan fingerprint density at radius 2 is 2.00 bits per heavy atom. The van der Waals surface area contributed by atoms with Gasteiger partial charge in [-0.15, -0.1) is 0 Å². The van der Waals surface area contributed by atoms with Gasteiger partial charge < -0.3 is 15.2 Å². The maximum atomic E-state index is 10.8. The summed E-state index contributed by atoms with van der Waals surface area (Å²) < 4.78 is 5.06. The van der Waals surface area contributed by atoms with E-state index in [1.165, 1.54) is 0 Å². The zero-order valence-electron chi connectivity index (χ0n) is 9.59. The number of aliphatic carboxylic acids is 1. The third-order valence-electron chi connectivity index (χ3n) is 3.03. The van der Waals surface area contributed by atoms with Crippen LogP contribution in [0.3, 0.4) is 0 Å². The van der Waals surface area contributed by atoms with Gasteiger partial charge in [-0.1, -0.05) is 0 Å². The fraction of sp³-hybridized carbons (Fsp3) is 0.800. The number of hydrogen-bond acceptors (Lipinski definition) is 5. The van der Waals surface area contributed by atoms with Crippen molar-refractivity contribution in [2.75, 3.05) is 45.8 Å². The molecule has 1 amide bonds. The third kappa shape index (κ3) is 3.57. The summed E-state index contributed by atoms with van der Waals surface area (Å²) in [5.74, 6) is -0.785. The number of carboxylic acid groups (broad SMARTS) is 1. The number of cyclic esters (lactones) is 1. The minimum atomic E-state index is -0.785. The molecule has 1 unspecified atom stereocenters. The lowest BCUT2D eigenvalue weighted by Gasteiger charge is -2.34. The number of alkyl carbamates (subject to hydrolysis) is 1. The number of carbonyl (C=O) groups excluding carboxylic acids is 1.